The van der Waals surface area contributed by atoms with Gasteiger partial charge in [0, 0.05) is 6.54 Å². The Hall–Kier alpha value is -2.03. The Morgan fingerprint density at radius 2 is 2.09 bits per heavy atom. The van der Waals surface area contributed by atoms with Crippen molar-refractivity contribution in [2.75, 3.05) is 19.7 Å². The minimum Gasteiger partial charge on any atom is -0.480 e. The minimum atomic E-state index is -1.34. The van der Waals surface area contributed by atoms with Crippen LogP contribution >= 0.6 is 0 Å². The molecule has 0 aromatic carbocycles. The van der Waals surface area contributed by atoms with E-state index >= 15 is 0 Å². The van der Waals surface area contributed by atoms with Crippen LogP contribution in [0.15, 0.2) is 0 Å². The maximum absolute atomic E-state index is 12.4. The second-order valence-corrected chi connectivity index (χ2v) is 6.86. The summed E-state index contributed by atoms with van der Waals surface area (Å²) in [5.74, 6) is -1.29. The number of aliphatic carboxylic acids is 1. The predicted molar refractivity (Wildman–Crippen MR) is 78.7 cm³/mol. The number of ether oxygens (including phenoxy) is 1. The number of carboxylic acids is 1. The van der Waals surface area contributed by atoms with Gasteiger partial charge in [0.25, 0.3) is 0 Å². The van der Waals surface area contributed by atoms with Gasteiger partial charge in [-0.15, -0.1) is 0 Å². The highest BCUT2D eigenvalue weighted by Crippen LogP contribution is 2.33. The second kappa shape index (κ2) is 5.88. The van der Waals surface area contributed by atoms with Gasteiger partial charge in [0.1, 0.15) is 11.3 Å². The van der Waals surface area contributed by atoms with E-state index < -0.39 is 42.0 Å². The quantitative estimate of drug-likeness (QED) is 0.680. The second-order valence-electron chi connectivity index (χ2n) is 6.86. The third-order valence-electron chi connectivity index (χ3n) is 3.97. The van der Waals surface area contributed by atoms with E-state index in [-0.39, 0.29) is 6.54 Å². The molecule has 3 N–H and O–H groups in total. The summed E-state index contributed by atoms with van der Waals surface area (Å²) < 4.78 is 5.36. The van der Waals surface area contributed by atoms with Crippen LogP contribution in [0.25, 0.3) is 0 Å². The maximum Gasteiger partial charge on any atom is 0.412 e. The van der Waals surface area contributed by atoms with Gasteiger partial charge in [0.2, 0.25) is 0 Å². The lowest BCUT2D eigenvalue weighted by atomic mass is 10.1. The van der Waals surface area contributed by atoms with Crippen LogP contribution in [0.3, 0.4) is 0 Å². The smallest absolute Gasteiger partial charge is 0.412 e. The van der Waals surface area contributed by atoms with Crippen LogP contribution in [0.2, 0.25) is 0 Å². The maximum atomic E-state index is 12.4. The van der Waals surface area contributed by atoms with Crippen molar-refractivity contribution >= 4 is 18.1 Å². The molecule has 1 spiro atoms. The normalized spacial score (nSPS) is 25.7. The highest BCUT2D eigenvalue weighted by Gasteiger charge is 2.54. The minimum absolute atomic E-state index is 0.00258. The van der Waals surface area contributed by atoms with Gasteiger partial charge in [-0.25, -0.2) is 14.4 Å². The van der Waals surface area contributed by atoms with Crippen molar-refractivity contribution in [2.45, 2.75) is 50.9 Å². The van der Waals surface area contributed by atoms with E-state index in [1.807, 2.05) is 0 Å². The van der Waals surface area contributed by atoms with E-state index in [9.17, 15) is 19.5 Å². The number of likely N-dealkylation sites (tertiary alicyclic amines) is 1. The van der Waals surface area contributed by atoms with Gasteiger partial charge in [-0.3, -0.25) is 4.90 Å². The van der Waals surface area contributed by atoms with Gasteiger partial charge in [-0.1, -0.05) is 0 Å². The van der Waals surface area contributed by atoms with Crippen LogP contribution in [0.1, 0.15) is 33.6 Å². The fourth-order valence-corrected chi connectivity index (χ4v) is 2.98. The van der Waals surface area contributed by atoms with E-state index in [1.54, 1.807) is 20.8 Å². The van der Waals surface area contributed by atoms with E-state index in [0.717, 1.165) is 4.90 Å². The monoisotopic (exact) mass is 329 g/mol. The third kappa shape index (κ3) is 3.34. The molecule has 2 heterocycles. The Morgan fingerprint density at radius 3 is 2.61 bits per heavy atom. The summed E-state index contributed by atoms with van der Waals surface area (Å²) in [7, 11) is 0. The zero-order chi connectivity index (χ0) is 17.4. The number of amides is 3. The molecule has 2 rings (SSSR count). The number of aliphatic hydroxyl groups is 1. The van der Waals surface area contributed by atoms with Crippen LogP contribution in [0, 0.1) is 0 Å². The highest BCUT2D eigenvalue weighted by molar-refractivity contribution is 5.86. The first-order valence-electron chi connectivity index (χ1n) is 7.53. The molecule has 0 aromatic rings. The number of nitrogens with one attached hydrogen (secondary N) is 1. The average molecular weight is 329 g/mol. The number of hydrogen-bond donors (Lipinski definition) is 3. The number of urea groups is 1. The van der Waals surface area contributed by atoms with E-state index in [0.29, 0.717) is 19.4 Å². The first-order chi connectivity index (χ1) is 10.6. The van der Waals surface area contributed by atoms with Crippen molar-refractivity contribution in [3.63, 3.8) is 0 Å². The molecular formula is C14H23N3O6. The predicted octanol–water partition coefficient (Wildman–Crippen LogP) is 0.184. The van der Waals surface area contributed by atoms with Gasteiger partial charge in [-0.2, -0.15) is 0 Å². The van der Waals surface area contributed by atoms with E-state index in [2.05, 4.69) is 5.32 Å². The topological polar surface area (TPSA) is 119 Å². The molecular weight excluding hydrogens is 306 g/mol. The summed E-state index contributed by atoms with van der Waals surface area (Å²) in [6.07, 6.45) is 0.629. The number of aliphatic hydroxyl groups excluding tert-OH is 1. The lowest BCUT2D eigenvalue weighted by Crippen LogP contribution is -2.57. The van der Waals surface area contributed by atoms with Crippen LogP contribution in [-0.4, -0.2) is 75.1 Å². The van der Waals surface area contributed by atoms with Crippen molar-refractivity contribution in [1.29, 1.82) is 0 Å². The number of carbonyl (C=O) groups excluding carboxylic acids is 2. The van der Waals surface area contributed by atoms with Crippen molar-refractivity contribution in [2.24, 2.45) is 0 Å². The molecule has 9 nitrogen and oxygen atoms in total. The molecule has 0 aliphatic carbocycles. The molecule has 130 valence electrons. The largest absolute Gasteiger partial charge is 0.480 e. The Balaban J connectivity index is 2.20. The summed E-state index contributed by atoms with van der Waals surface area (Å²) in [5.41, 5.74) is -1.65. The van der Waals surface area contributed by atoms with Crippen LogP contribution in [0.4, 0.5) is 9.59 Å². The Bertz CT molecular complexity index is 517. The van der Waals surface area contributed by atoms with Crippen molar-refractivity contribution in [3.8, 4) is 0 Å². The summed E-state index contributed by atoms with van der Waals surface area (Å²) >= 11 is 0. The molecule has 0 radical (unpaired) electrons. The number of hydrogen-bond acceptors (Lipinski definition) is 5. The standard InChI is InChI=1S/C14H23N3O6/c1-13(2,3)23-12(22)17-6-4-5-14(17)8-16(11(21)15-14)9(7-18)10(19)20/h9,18H,4-8H2,1-3H3,(H,15,21)(H,19,20)/t9-,14?/m0/s1. The first-order valence-corrected chi connectivity index (χ1v) is 7.53. The van der Waals surface area contributed by atoms with Gasteiger partial charge in [0.15, 0.2) is 6.04 Å². The van der Waals surface area contributed by atoms with Crippen LogP contribution < -0.4 is 5.32 Å². The zero-order valence-electron chi connectivity index (χ0n) is 13.5. The first kappa shape index (κ1) is 17.3. The summed E-state index contributed by atoms with van der Waals surface area (Å²) in [4.78, 5) is 38.2. The van der Waals surface area contributed by atoms with Crippen molar-refractivity contribution in [1.82, 2.24) is 15.1 Å². The molecule has 1 unspecified atom stereocenters. The van der Waals surface area contributed by atoms with Gasteiger partial charge in [0.05, 0.1) is 13.2 Å². The molecule has 0 bridgehead atoms. The molecule has 2 aliphatic rings. The van der Waals surface area contributed by atoms with Crippen molar-refractivity contribution in [3.05, 3.63) is 0 Å². The molecule has 2 aliphatic heterocycles. The lowest BCUT2D eigenvalue weighted by molar-refractivity contribution is -0.143. The Kier molecular flexibility index (Phi) is 4.43. The fourth-order valence-electron chi connectivity index (χ4n) is 2.98. The molecule has 2 atom stereocenters. The SMILES string of the molecule is CC(C)(C)OC(=O)N1CCCC12CN([C@@H](CO)C(=O)O)C(=O)N2. The molecule has 23 heavy (non-hydrogen) atoms. The van der Waals surface area contributed by atoms with Gasteiger partial charge in [-0.05, 0) is 33.6 Å². The lowest BCUT2D eigenvalue weighted by Gasteiger charge is -2.35. The molecule has 9 heteroatoms. The van der Waals surface area contributed by atoms with Crippen molar-refractivity contribution < 1.29 is 29.3 Å². The third-order valence-corrected chi connectivity index (χ3v) is 3.97. The van der Waals surface area contributed by atoms with E-state index in [4.69, 9.17) is 9.84 Å². The number of carboxylic acid groups (broad SMARTS) is 1. The summed E-state index contributed by atoms with van der Waals surface area (Å²) in [6.45, 7) is 4.98. The average Bonchev–Trinajstić information content (AvgIpc) is 2.93. The molecule has 3 amide bonds. The van der Waals surface area contributed by atoms with Crippen LogP contribution in [0.5, 0.6) is 0 Å². The Morgan fingerprint density at radius 1 is 1.43 bits per heavy atom. The summed E-state index contributed by atoms with van der Waals surface area (Å²) in [5, 5.41) is 21.1. The van der Waals surface area contributed by atoms with Crippen LogP contribution in [-0.2, 0) is 9.53 Å². The number of carbonyl (C=O) groups is 3. The zero-order valence-corrected chi connectivity index (χ0v) is 13.5. The number of rotatable bonds is 3. The highest BCUT2D eigenvalue weighted by atomic mass is 16.6. The molecule has 2 fully saturated rings. The Labute approximate surface area is 134 Å². The molecule has 0 aromatic heterocycles. The van der Waals surface area contributed by atoms with E-state index in [1.165, 1.54) is 4.90 Å². The number of nitrogens with zero attached hydrogens (tertiary/aromatic N) is 2. The summed E-state index contributed by atoms with van der Waals surface area (Å²) in [6, 6.07) is -1.95. The fraction of sp³-hybridized carbons (Fsp3) is 0.786. The molecule has 2 saturated heterocycles. The molecule has 0 saturated carbocycles. The van der Waals surface area contributed by atoms with Gasteiger partial charge < -0.3 is 25.2 Å². The van der Waals surface area contributed by atoms with Gasteiger partial charge >= 0.3 is 18.1 Å².